The van der Waals surface area contributed by atoms with E-state index in [-0.39, 0.29) is 35.4 Å². The molecule has 0 aliphatic heterocycles. The van der Waals surface area contributed by atoms with Gasteiger partial charge in [0.2, 0.25) is 0 Å². The molecule has 19 heavy (non-hydrogen) atoms. The number of aliphatic hydroxyl groups excluding tert-OH is 1. The van der Waals surface area contributed by atoms with E-state index in [0.717, 1.165) is 5.56 Å². The van der Waals surface area contributed by atoms with E-state index >= 15 is 0 Å². The number of allylic oxidation sites excluding steroid dienone is 2. The number of ketones is 2. The zero-order valence-corrected chi connectivity index (χ0v) is 11.6. The van der Waals surface area contributed by atoms with Crippen LogP contribution in [-0.4, -0.2) is 16.7 Å². The normalized spacial score (nSPS) is 24.6. The fourth-order valence-corrected chi connectivity index (χ4v) is 2.57. The lowest BCUT2D eigenvalue weighted by Gasteiger charge is -2.20. The van der Waals surface area contributed by atoms with Crippen molar-refractivity contribution < 1.29 is 14.7 Å². The number of Topliss-reactive ketones (excluding diaryl/α,β-unsaturated/α-hetero) is 2. The van der Waals surface area contributed by atoms with Gasteiger partial charge in [-0.05, 0) is 24.6 Å². The summed E-state index contributed by atoms with van der Waals surface area (Å²) in [6, 6.07) is 7.12. The van der Waals surface area contributed by atoms with E-state index in [4.69, 9.17) is 11.6 Å². The Morgan fingerprint density at radius 3 is 2.37 bits per heavy atom. The number of carbonyl (C=O) groups excluding carboxylic acids is 2. The molecule has 0 spiro atoms. The molecule has 4 heteroatoms. The molecule has 1 aromatic carbocycles. The lowest BCUT2D eigenvalue weighted by Crippen LogP contribution is -2.19. The van der Waals surface area contributed by atoms with Gasteiger partial charge in [-0.3, -0.25) is 9.59 Å². The first kappa shape index (κ1) is 13.8. The zero-order valence-electron chi connectivity index (χ0n) is 10.8. The van der Waals surface area contributed by atoms with E-state index in [0.29, 0.717) is 5.02 Å². The molecule has 0 bridgehead atoms. The van der Waals surface area contributed by atoms with Gasteiger partial charge in [-0.1, -0.05) is 30.7 Å². The molecular formula is C15H15ClO3. The minimum atomic E-state index is -0.395. The predicted molar refractivity (Wildman–Crippen MR) is 73.3 cm³/mol. The maximum absolute atomic E-state index is 12.2. The summed E-state index contributed by atoms with van der Waals surface area (Å²) in [5.41, 5.74) is 1.05. The average Bonchev–Trinajstić information content (AvgIpc) is 2.47. The number of hydrogen-bond donors (Lipinski definition) is 1. The maximum Gasteiger partial charge on any atom is 0.198 e. The van der Waals surface area contributed by atoms with Crippen LogP contribution in [0.3, 0.4) is 0 Å². The molecule has 1 N–H and O–H groups in total. The number of rotatable bonds is 1. The fourth-order valence-electron chi connectivity index (χ4n) is 2.44. The predicted octanol–water partition coefficient (Wildman–Crippen LogP) is 3.43. The molecular weight excluding hydrogens is 264 g/mol. The number of halogens is 1. The van der Waals surface area contributed by atoms with E-state index in [1.165, 1.54) is 6.92 Å². The van der Waals surface area contributed by atoms with Crippen LogP contribution < -0.4 is 0 Å². The smallest absolute Gasteiger partial charge is 0.198 e. The summed E-state index contributed by atoms with van der Waals surface area (Å²) in [6.07, 6.45) is 0.137. The standard InChI is InChI=1S/C15H15ClO3/c1-8-12(10-3-5-11(16)6-4-10)7-13(17)15(19)9(2)14(8)18/h3-6,8,12,19H,7H2,1-2H3. The maximum atomic E-state index is 12.2. The summed E-state index contributed by atoms with van der Waals surface area (Å²) in [4.78, 5) is 24.0. The third-order valence-electron chi connectivity index (χ3n) is 3.71. The Labute approximate surface area is 116 Å². The molecule has 0 aromatic heterocycles. The first-order valence-electron chi connectivity index (χ1n) is 6.14. The number of aliphatic hydroxyl groups is 1. The Balaban J connectivity index is 2.41. The van der Waals surface area contributed by atoms with Crippen LogP contribution in [0.15, 0.2) is 35.6 Å². The highest BCUT2D eigenvalue weighted by Gasteiger charge is 2.34. The van der Waals surface area contributed by atoms with E-state index in [1.54, 1.807) is 19.1 Å². The van der Waals surface area contributed by atoms with E-state index in [2.05, 4.69) is 0 Å². The largest absolute Gasteiger partial charge is 0.504 e. The van der Waals surface area contributed by atoms with Crippen molar-refractivity contribution in [1.82, 2.24) is 0 Å². The van der Waals surface area contributed by atoms with Crippen molar-refractivity contribution in [3.8, 4) is 0 Å². The molecule has 2 rings (SSSR count). The van der Waals surface area contributed by atoms with Crippen molar-refractivity contribution in [2.75, 3.05) is 0 Å². The highest BCUT2D eigenvalue weighted by Crippen LogP contribution is 2.35. The van der Waals surface area contributed by atoms with E-state index in [1.807, 2.05) is 12.1 Å². The van der Waals surface area contributed by atoms with Gasteiger partial charge in [-0.25, -0.2) is 0 Å². The number of benzene rings is 1. The monoisotopic (exact) mass is 278 g/mol. The summed E-state index contributed by atoms with van der Waals surface area (Å²) in [5, 5.41) is 10.3. The summed E-state index contributed by atoms with van der Waals surface area (Å²) in [5.74, 6) is -1.52. The van der Waals surface area contributed by atoms with Gasteiger partial charge in [-0.2, -0.15) is 0 Å². The molecule has 0 amide bonds. The lowest BCUT2D eigenvalue weighted by molar-refractivity contribution is -0.119. The van der Waals surface area contributed by atoms with Crippen LogP contribution in [-0.2, 0) is 9.59 Å². The second kappa shape index (κ2) is 5.17. The molecule has 2 atom stereocenters. The van der Waals surface area contributed by atoms with Gasteiger partial charge in [0.25, 0.3) is 0 Å². The van der Waals surface area contributed by atoms with Crippen molar-refractivity contribution >= 4 is 23.2 Å². The molecule has 0 saturated heterocycles. The Morgan fingerprint density at radius 1 is 1.21 bits per heavy atom. The van der Waals surface area contributed by atoms with Crippen molar-refractivity contribution in [3.05, 3.63) is 46.2 Å². The highest BCUT2D eigenvalue weighted by atomic mass is 35.5. The molecule has 100 valence electrons. The molecule has 3 nitrogen and oxygen atoms in total. The van der Waals surface area contributed by atoms with Crippen molar-refractivity contribution in [1.29, 1.82) is 0 Å². The topological polar surface area (TPSA) is 54.4 Å². The van der Waals surface area contributed by atoms with Gasteiger partial charge in [-0.15, -0.1) is 0 Å². The van der Waals surface area contributed by atoms with Crippen molar-refractivity contribution in [2.45, 2.75) is 26.2 Å². The Morgan fingerprint density at radius 2 is 1.79 bits per heavy atom. The number of carbonyl (C=O) groups is 2. The van der Waals surface area contributed by atoms with Crippen LogP contribution in [0.2, 0.25) is 5.02 Å². The minimum absolute atomic E-state index is 0.137. The van der Waals surface area contributed by atoms with Crippen LogP contribution in [0.25, 0.3) is 0 Å². The quantitative estimate of drug-likeness (QED) is 0.856. The molecule has 0 radical (unpaired) electrons. The Kier molecular flexibility index (Phi) is 3.76. The molecule has 1 aliphatic rings. The number of hydrogen-bond acceptors (Lipinski definition) is 3. The third-order valence-corrected chi connectivity index (χ3v) is 3.96. The third kappa shape index (κ3) is 2.56. The van der Waals surface area contributed by atoms with Crippen molar-refractivity contribution in [2.24, 2.45) is 5.92 Å². The van der Waals surface area contributed by atoms with Crippen LogP contribution in [0.4, 0.5) is 0 Å². The van der Waals surface area contributed by atoms with Crippen LogP contribution in [0, 0.1) is 5.92 Å². The SMILES string of the molecule is CC1=C(O)C(=O)CC(c2ccc(Cl)cc2)C(C)C1=O. The Hall–Kier alpha value is -1.61. The molecule has 0 saturated carbocycles. The van der Waals surface area contributed by atoms with Gasteiger partial charge in [0.05, 0.1) is 0 Å². The van der Waals surface area contributed by atoms with E-state index in [9.17, 15) is 14.7 Å². The highest BCUT2D eigenvalue weighted by molar-refractivity contribution is 6.30. The van der Waals surface area contributed by atoms with Gasteiger partial charge in [0, 0.05) is 28.9 Å². The fraction of sp³-hybridized carbons (Fsp3) is 0.333. The lowest BCUT2D eigenvalue weighted by atomic mass is 9.82. The second-order valence-corrected chi connectivity index (χ2v) is 5.35. The zero-order chi connectivity index (χ0) is 14.2. The summed E-state index contributed by atoms with van der Waals surface area (Å²) in [6.45, 7) is 3.29. The first-order chi connectivity index (χ1) is 8.91. The van der Waals surface area contributed by atoms with Crippen LogP contribution in [0.5, 0.6) is 0 Å². The van der Waals surface area contributed by atoms with Gasteiger partial charge >= 0.3 is 0 Å². The molecule has 1 aliphatic carbocycles. The molecule has 0 heterocycles. The summed E-state index contributed by atoms with van der Waals surface area (Å²) >= 11 is 5.84. The summed E-state index contributed by atoms with van der Waals surface area (Å²) in [7, 11) is 0. The van der Waals surface area contributed by atoms with Crippen LogP contribution >= 0.6 is 11.6 Å². The average molecular weight is 279 g/mol. The van der Waals surface area contributed by atoms with E-state index < -0.39 is 5.76 Å². The molecule has 0 fully saturated rings. The van der Waals surface area contributed by atoms with Crippen LogP contribution in [0.1, 0.15) is 31.7 Å². The van der Waals surface area contributed by atoms with Gasteiger partial charge in [0.1, 0.15) is 0 Å². The minimum Gasteiger partial charge on any atom is -0.504 e. The summed E-state index contributed by atoms with van der Waals surface area (Å²) < 4.78 is 0. The van der Waals surface area contributed by atoms with Gasteiger partial charge in [0.15, 0.2) is 17.3 Å². The molecule has 1 aromatic rings. The Bertz CT molecular complexity index is 557. The van der Waals surface area contributed by atoms with Crippen molar-refractivity contribution in [3.63, 3.8) is 0 Å². The molecule has 2 unspecified atom stereocenters. The first-order valence-corrected chi connectivity index (χ1v) is 6.52. The van der Waals surface area contributed by atoms with Gasteiger partial charge < -0.3 is 5.11 Å². The second-order valence-electron chi connectivity index (χ2n) is 4.91.